The van der Waals surface area contributed by atoms with Gasteiger partial charge in [0.25, 0.3) is 5.91 Å². The number of nitrogens with one attached hydrogen (secondary N) is 2. The van der Waals surface area contributed by atoms with Gasteiger partial charge in [0.05, 0.1) is 6.42 Å². The van der Waals surface area contributed by atoms with Crippen molar-refractivity contribution >= 4 is 35.5 Å². The summed E-state index contributed by atoms with van der Waals surface area (Å²) >= 11 is 0. The van der Waals surface area contributed by atoms with Crippen LogP contribution in [0.3, 0.4) is 0 Å². The molecule has 260 valence electrons. The highest BCUT2D eigenvalue weighted by Crippen LogP contribution is 2.24. The summed E-state index contributed by atoms with van der Waals surface area (Å²) < 4.78 is 5.66. The summed E-state index contributed by atoms with van der Waals surface area (Å²) in [6, 6.07) is 5.54. The maximum Gasteiger partial charge on any atom is 0.308 e. The van der Waals surface area contributed by atoms with Crippen molar-refractivity contribution in [3.63, 3.8) is 0 Å². The smallest absolute Gasteiger partial charge is 0.308 e. The fourth-order valence-electron chi connectivity index (χ4n) is 6.60. The van der Waals surface area contributed by atoms with E-state index in [-0.39, 0.29) is 43.6 Å². The zero-order chi connectivity index (χ0) is 35.0. The molecule has 0 saturated carbocycles. The second-order valence-corrected chi connectivity index (χ2v) is 13.9. The van der Waals surface area contributed by atoms with E-state index in [1.807, 2.05) is 71.9 Å². The number of cyclic esters (lactones) is 1. The van der Waals surface area contributed by atoms with E-state index >= 15 is 0 Å². The number of benzene rings is 1. The van der Waals surface area contributed by atoms with Crippen LogP contribution in [0.2, 0.25) is 0 Å². The fourth-order valence-corrected chi connectivity index (χ4v) is 6.60. The van der Waals surface area contributed by atoms with Crippen LogP contribution in [-0.2, 0) is 39.9 Å². The fraction of sp³-hybridized carbons (Fsp3) is 0.657. The minimum absolute atomic E-state index is 0.0186. The van der Waals surface area contributed by atoms with Crippen LogP contribution in [0.25, 0.3) is 0 Å². The zero-order valence-electron chi connectivity index (χ0n) is 29.2. The highest BCUT2D eigenvalue weighted by Gasteiger charge is 2.42. The Kier molecular flexibility index (Phi) is 13.4. The summed E-state index contributed by atoms with van der Waals surface area (Å²) in [5, 5.41) is 5.67. The first kappa shape index (κ1) is 37.5. The maximum atomic E-state index is 14.3. The molecule has 2 heterocycles. The van der Waals surface area contributed by atoms with Gasteiger partial charge in [-0.05, 0) is 42.6 Å². The molecule has 12 heteroatoms. The molecule has 2 aliphatic heterocycles. The summed E-state index contributed by atoms with van der Waals surface area (Å²) in [7, 11) is 3.08. The lowest BCUT2D eigenvalue weighted by Crippen LogP contribution is -2.61. The zero-order valence-corrected chi connectivity index (χ0v) is 29.2. The Morgan fingerprint density at radius 2 is 1.43 bits per heavy atom. The first-order valence-corrected chi connectivity index (χ1v) is 16.8. The molecule has 1 aromatic carbocycles. The number of likely N-dealkylation sites (N-methyl/N-ethyl adjacent to an activating group) is 2. The maximum absolute atomic E-state index is 14.3. The van der Waals surface area contributed by atoms with Crippen molar-refractivity contribution in [2.24, 2.45) is 17.8 Å². The number of rotatable bonds is 6. The minimum atomic E-state index is -1.10. The van der Waals surface area contributed by atoms with E-state index in [2.05, 4.69) is 10.6 Å². The molecule has 0 bridgehead atoms. The van der Waals surface area contributed by atoms with Crippen LogP contribution in [0.4, 0.5) is 0 Å². The molecule has 3 rings (SSSR count). The van der Waals surface area contributed by atoms with Crippen molar-refractivity contribution in [2.75, 3.05) is 27.2 Å². The van der Waals surface area contributed by atoms with E-state index in [1.54, 1.807) is 7.05 Å². The van der Waals surface area contributed by atoms with Gasteiger partial charge in [0.2, 0.25) is 23.6 Å². The van der Waals surface area contributed by atoms with Crippen LogP contribution in [0.5, 0.6) is 0 Å². The lowest BCUT2D eigenvalue weighted by molar-refractivity contribution is -0.162. The van der Waals surface area contributed by atoms with Crippen LogP contribution >= 0.6 is 0 Å². The SMILES string of the molecule is CC(C)C[C@@H]1OC(=O)CCNC(=O)[C@@H](C(C)C)N(C)C(=O)[C@@H](C(C)C)N(C)C(=O)[C@@H](Cc2ccccc2)NC(=O)[C@@H]2CCCN2C1=O. The molecule has 47 heavy (non-hydrogen) atoms. The molecular weight excluding hydrogens is 602 g/mol. The van der Waals surface area contributed by atoms with Gasteiger partial charge >= 0.3 is 5.97 Å². The second kappa shape index (κ2) is 16.7. The molecular formula is C35H53N5O7. The number of fused-ring (bicyclic) bond motifs is 1. The molecule has 12 nitrogen and oxygen atoms in total. The third kappa shape index (κ3) is 9.54. The van der Waals surface area contributed by atoms with Gasteiger partial charge in [-0.2, -0.15) is 0 Å². The topological polar surface area (TPSA) is 145 Å². The van der Waals surface area contributed by atoms with Gasteiger partial charge in [0.1, 0.15) is 24.2 Å². The van der Waals surface area contributed by atoms with E-state index in [9.17, 15) is 28.8 Å². The highest BCUT2D eigenvalue weighted by molar-refractivity contribution is 5.96. The van der Waals surface area contributed by atoms with E-state index in [0.717, 1.165) is 5.56 Å². The van der Waals surface area contributed by atoms with E-state index in [4.69, 9.17) is 4.74 Å². The molecule has 0 aliphatic carbocycles. The number of hydrogen-bond acceptors (Lipinski definition) is 7. The third-order valence-electron chi connectivity index (χ3n) is 8.91. The van der Waals surface area contributed by atoms with E-state index in [0.29, 0.717) is 19.4 Å². The summed E-state index contributed by atoms with van der Waals surface area (Å²) in [6.45, 7) is 11.4. The number of amides is 5. The van der Waals surface area contributed by atoms with Crippen LogP contribution in [-0.4, -0.2) is 108 Å². The molecule has 0 aromatic heterocycles. The monoisotopic (exact) mass is 655 g/mol. The summed E-state index contributed by atoms with van der Waals surface area (Å²) in [6.07, 6.45) is 0.120. The molecule has 1 aromatic rings. The number of carbonyl (C=O) groups is 6. The lowest BCUT2D eigenvalue weighted by atomic mass is 9.96. The quantitative estimate of drug-likeness (QED) is 0.447. The Labute approximate surface area is 278 Å². The van der Waals surface area contributed by atoms with Crippen LogP contribution in [0.15, 0.2) is 30.3 Å². The Balaban J connectivity index is 2.08. The molecule has 2 saturated heterocycles. The first-order chi connectivity index (χ1) is 22.1. The number of esters is 1. The molecule has 5 amide bonds. The van der Waals surface area contributed by atoms with Gasteiger partial charge in [-0.25, -0.2) is 0 Å². The van der Waals surface area contributed by atoms with Crippen LogP contribution < -0.4 is 10.6 Å². The molecule has 5 atom stereocenters. The van der Waals surface area contributed by atoms with Crippen molar-refractivity contribution in [3.05, 3.63) is 35.9 Å². The summed E-state index contributed by atoms with van der Waals surface area (Å²) in [5.74, 6) is -3.51. The van der Waals surface area contributed by atoms with E-state index < -0.39 is 65.8 Å². The Morgan fingerprint density at radius 3 is 2.02 bits per heavy atom. The molecule has 2 N–H and O–H groups in total. The lowest BCUT2D eigenvalue weighted by Gasteiger charge is -2.38. The molecule has 2 fully saturated rings. The average molecular weight is 656 g/mol. The van der Waals surface area contributed by atoms with Gasteiger partial charge in [-0.3, -0.25) is 28.8 Å². The molecule has 2 aliphatic rings. The second-order valence-electron chi connectivity index (χ2n) is 13.9. The normalized spacial score (nSPS) is 26.2. The summed E-state index contributed by atoms with van der Waals surface area (Å²) in [5.41, 5.74) is 0.808. The Morgan fingerprint density at radius 1 is 0.809 bits per heavy atom. The predicted octanol–water partition coefficient (Wildman–Crippen LogP) is 2.15. The van der Waals surface area contributed by atoms with Gasteiger partial charge in [-0.1, -0.05) is 71.9 Å². The predicted molar refractivity (Wildman–Crippen MR) is 177 cm³/mol. The Bertz CT molecular complexity index is 1280. The van der Waals surface area contributed by atoms with Crippen molar-refractivity contribution in [1.29, 1.82) is 0 Å². The van der Waals surface area contributed by atoms with Crippen molar-refractivity contribution < 1.29 is 33.5 Å². The first-order valence-electron chi connectivity index (χ1n) is 16.8. The average Bonchev–Trinajstić information content (AvgIpc) is 3.49. The molecule has 0 unspecified atom stereocenters. The summed E-state index contributed by atoms with van der Waals surface area (Å²) in [4.78, 5) is 86.6. The largest absolute Gasteiger partial charge is 0.452 e. The Hall–Kier alpha value is -3.96. The minimum Gasteiger partial charge on any atom is -0.452 e. The van der Waals surface area contributed by atoms with Crippen molar-refractivity contribution in [3.8, 4) is 0 Å². The number of ether oxygens (including phenoxy) is 1. The van der Waals surface area contributed by atoms with Gasteiger partial charge in [-0.15, -0.1) is 0 Å². The molecule has 0 radical (unpaired) electrons. The van der Waals surface area contributed by atoms with Crippen molar-refractivity contribution in [1.82, 2.24) is 25.3 Å². The van der Waals surface area contributed by atoms with Gasteiger partial charge in [0, 0.05) is 33.6 Å². The van der Waals surface area contributed by atoms with Gasteiger partial charge in [0.15, 0.2) is 6.10 Å². The number of carbonyl (C=O) groups excluding carboxylic acids is 6. The van der Waals surface area contributed by atoms with Crippen LogP contribution in [0.1, 0.15) is 72.8 Å². The van der Waals surface area contributed by atoms with Crippen molar-refractivity contribution in [2.45, 2.75) is 104 Å². The standard InChI is InChI=1S/C35H53N5O7/c1-21(2)19-27-34(45)40-18-12-15-26(40)31(42)37-25(20-24-13-10-9-11-14-24)33(44)39(8)30(23(5)6)35(46)38(7)29(22(3)4)32(43)36-17-16-28(41)47-27/h9-11,13-14,21-23,25-27,29-30H,12,15-20H2,1-8H3,(H,36,43)(H,37,42)/t25-,26+,27+,29-,30-/m1/s1. The number of hydrogen-bond donors (Lipinski definition) is 2. The van der Waals surface area contributed by atoms with Gasteiger partial charge < -0.3 is 30.1 Å². The van der Waals surface area contributed by atoms with E-state index in [1.165, 1.54) is 21.7 Å². The molecule has 0 spiro atoms. The van der Waals surface area contributed by atoms with Crippen LogP contribution in [0, 0.1) is 17.8 Å². The third-order valence-corrected chi connectivity index (χ3v) is 8.91. The highest BCUT2D eigenvalue weighted by atomic mass is 16.5. The number of nitrogens with zero attached hydrogens (tertiary/aromatic N) is 3.